The summed E-state index contributed by atoms with van der Waals surface area (Å²) >= 11 is 18.0. The number of amides is 1. The van der Waals surface area contributed by atoms with Crippen LogP contribution in [0.5, 0.6) is 11.5 Å². The van der Waals surface area contributed by atoms with Crippen molar-refractivity contribution in [2.75, 3.05) is 5.32 Å². The fourth-order valence-electron chi connectivity index (χ4n) is 3.36. The Labute approximate surface area is 235 Å². The van der Waals surface area contributed by atoms with Gasteiger partial charge in [-0.25, -0.2) is 0 Å². The summed E-state index contributed by atoms with van der Waals surface area (Å²) in [6.07, 6.45) is 1.51. The Morgan fingerprint density at radius 2 is 1.39 bits per heavy atom. The molecule has 1 amide bonds. The minimum absolute atomic E-state index is 0.0327. The fourth-order valence-corrected chi connectivity index (χ4v) is 3.94. The normalized spacial score (nSPS) is 10.9. The zero-order chi connectivity index (χ0) is 26.9. The van der Waals surface area contributed by atoms with E-state index in [4.69, 9.17) is 44.3 Å². The number of benzene rings is 4. The highest BCUT2D eigenvalue weighted by Gasteiger charge is 2.10. The minimum atomic E-state index is -0.514. The maximum atomic E-state index is 12.7. The third-order valence-corrected chi connectivity index (χ3v) is 6.24. The average molecular weight is 564 g/mol. The zero-order valence-electron chi connectivity index (χ0n) is 20.0. The van der Waals surface area contributed by atoms with Crippen LogP contribution in [0.2, 0.25) is 15.1 Å². The smallest absolute Gasteiger partial charge is 0.266 e. The van der Waals surface area contributed by atoms with Crippen molar-refractivity contribution in [3.05, 3.63) is 128 Å². The van der Waals surface area contributed by atoms with Gasteiger partial charge in [-0.05, 0) is 77.9 Å². The number of ether oxygens (including phenoxy) is 2. The van der Waals surface area contributed by atoms with Gasteiger partial charge in [-0.3, -0.25) is 4.79 Å². The van der Waals surface area contributed by atoms with Gasteiger partial charge in [0.2, 0.25) is 0 Å². The van der Waals surface area contributed by atoms with E-state index in [0.29, 0.717) is 44.4 Å². The molecule has 0 aliphatic carbocycles. The molecule has 0 radical (unpaired) electrons. The van der Waals surface area contributed by atoms with Gasteiger partial charge in [0.1, 0.15) is 36.4 Å². The predicted molar refractivity (Wildman–Crippen MR) is 152 cm³/mol. The molecule has 0 saturated carbocycles. The number of hydrogen-bond acceptors (Lipinski definition) is 4. The average Bonchev–Trinajstić information content (AvgIpc) is 2.92. The third-order valence-electron chi connectivity index (χ3n) is 5.40. The van der Waals surface area contributed by atoms with Gasteiger partial charge in [-0.15, -0.1) is 0 Å². The topological polar surface area (TPSA) is 71.3 Å². The molecule has 5 nitrogen and oxygen atoms in total. The first kappa shape index (κ1) is 27.1. The molecule has 0 spiro atoms. The van der Waals surface area contributed by atoms with Crippen LogP contribution in [0.15, 0.2) is 96.6 Å². The van der Waals surface area contributed by atoms with Crippen molar-refractivity contribution in [2.24, 2.45) is 0 Å². The van der Waals surface area contributed by atoms with Crippen molar-refractivity contribution >= 4 is 52.5 Å². The third kappa shape index (κ3) is 7.77. The first-order valence-electron chi connectivity index (χ1n) is 11.5. The molecule has 0 heterocycles. The number of anilines is 1. The summed E-state index contributed by atoms with van der Waals surface area (Å²) in [4.78, 5) is 12.7. The molecule has 38 heavy (non-hydrogen) atoms. The van der Waals surface area contributed by atoms with E-state index in [0.717, 1.165) is 11.1 Å². The lowest BCUT2D eigenvalue weighted by molar-refractivity contribution is -0.112. The van der Waals surface area contributed by atoms with Gasteiger partial charge in [-0.2, -0.15) is 5.26 Å². The second-order valence-electron chi connectivity index (χ2n) is 8.16. The van der Waals surface area contributed by atoms with E-state index < -0.39 is 5.91 Å². The number of hydrogen-bond donors (Lipinski definition) is 1. The second-order valence-corrected chi connectivity index (χ2v) is 9.44. The largest absolute Gasteiger partial charge is 0.489 e. The Kier molecular flexibility index (Phi) is 9.29. The van der Waals surface area contributed by atoms with Gasteiger partial charge in [0.25, 0.3) is 5.91 Å². The van der Waals surface area contributed by atoms with E-state index in [2.05, 4.69) is 5.32 Å². The van der Waals surface area contributed by atoms with Gasteiger partial charge < -0.3 is 14.8 Å². The number of nitrogens with one attached hydrogen (secondary N) is 1. The summed E-state index contributed by atoms with van der Waals surface area (Å²) < 4.78 is 11.5. The standard InChI is InChI=1S/C30H21Cl3N2O3/c31-24-6-1-21(2-7-24)18-37-28-13-9-26(10-14-28)35-30(36)23(17-34)15-20-3-11-27(12-4-20)38-19-22-5-8-25(32)16-29(22)33/h1-16H,18-19H2,(H,35,36)/b23-15+. The molecule has 0 saturated heterocycles. The van der Waals surface area contributed by atoms with Crippen LogP contribution in [0, 0.1) is 11.3 Å². The number of carbonyl (C=O) groups excluding carboxylic acids is 1. The lowest BCUT2D eigenvalue weighted by Gasteiger charge is -2.09. The van der Waals surface area contributed by atoms with E-state index in [1.807, 2.05) is 24.3 Å². The van der Waals surface area contributed by atoms with Crippen LogP contribution in [-0.2, 0) is 18.0 Å². The number of nitrogens with zero attached hydrogens (tertiary/aromatic N) is 1. The van der Waals surface area contributed by atoms with E-state index in [1.54, 1.807) is 72.8 Å². The van der Waals surface area contributed by atoms with Crippen molar-refractivity contribution < 1.29 is 14.3 Å². The van der Waals surface area contributed by atoms with Crippen molar-refractivity contribution in [3.63, 3.8) is 0 Å². The Bertz CT molecular complexity index is 1480. The van der Waals surface area contributed by atoms with Crippen LogP contribution in [0.25, 0.3) is 6.08 Å². The molecule has 1 N–H and O–H groups in total. The van der Waals surface area contributed by atoms with Crippen molar-refractivity contribution in [1.82, 2.24) is 0 Å². The van der Waals surface area contributed by atoms with Crippen LogP contribution in [0.3, 0.4) is 0 Å². The molecule has 0 atom stereocenters. The van der Waals surface area contributed by atoms with Crippen molar-refractivity contribution in [2.45, 2.75) is 13.2 Å². The van der Waals surface area contributed by atoms with E-state index >= 15 is 0 Å². The van der Waals surface area contributed by atoms with Crippen LogP contribution in [0.4, 0.5) is 5.69 Å². The maximum absolute atomic E-state index is 12.7. The van der Waals surface area contributed by atoms with Gasteiger partial charge in [0.15, 0.2) is 0 Å². The number of halogens is 3. The molecule has 0 aliphatic heterocycles. The molecule has 0 aliphatic rings. The predicted octanol–water partition coefficient (Wildman–Crippen LogP) is 8.35. The first-order valence-corrected chi connectivity index (χ1v) is 12.6. The fraction of sp³-hybridized carbons (Fsp3) is 0.0667. The molecule has 0 aromatic heterocycles. The summed E-state index contributed by atoms with van der Waals surface area (Å²) in [5, 5.41) is 14.0. The van der Waals surface area contributed by atoms with Gasteiger partial charge >= 0.3 is 0 Å². The molecule has 190 valence electrons. The monoisotopic (exact) mass is 562 g/mol. The summed E-state index contributed by atoms with van der Waals surface area (Å²) in [5.74, 6) is 0.754. The van der Waals surface area contributed by atoms with E-state index in [1.165, 1.54) is 6.08 Å². The molecular formula is C30H21Cl3N2O3. The quantitative estimate of drug-likeness (QED) is 0.164. The second kappa shape index (κ2) is 13.0. The zero-order valence-corrected chi connectivity index (χ0v) is 22.2. The molecule has 4 aromatic rings. The van der Waals surface area contributed by atoms with Crippen molar-refractivity contribution in [3.8, 4) is 17.6 Å². The lowest BCUT2D eigenvalue weighted by atomic mass is 10.1. The molecule has 4 rings (SSSR count). The molecule has 8 heteroatoms. The highest BCUT2D eigenvalue weighted by molar-refractivity contribution is 6.35. The minimum Gasteiger partial charge on any atom is -0.489 e. The Morgan fingerprint density at radius 1 is 0.789 bits per heavy atom. The van der Waals surface area contributed by atoms with Gasteiger partial charge in [-0.1, -0.05) is 65.1 Å². The first-order chi connectivity index (χ1) is 18.4. The molecule has 4 aromatic carbocycles. The Hall–Kier alpha value is -3.95. The molecular weight excluding hydrogens is 543 g/mol. The van der Waals surface area contributed by atoms with Crippen LogP contribution < -0.4 is 14.8 Å². The van der Waals surface area contributed by atoms with Crippen LogP contribution in [-0.4, -0.2) is 5.91 Å². The molecule has 0 fully saturated rings. The summed E-state index contributed by atoms with van der Waals surface area (Å²) in [6, 6.07) is 28.5. The highest BCUT2D eigenvalue weighted by atomic mass is 35.5. The van der Waals surface area contributed by atoms with Crippen LogP contribution >= 0.6 is 34.8 Å². The highest BCUT2D eigenvalue weighted by Crippen LogP contribution is 2.24. The number of carbonyl (C=O) groups is 1. The number of nitriles is 1. The Balaban J connectivity index is 1.32. The molecule has 0 bridgehead atoms. The number of rotatable bonds is 9. The summed E-state index contributed by atoms with van der Waals surface area (Å²) in [5.41, 5.74) is 2.99. The SMILES string of the molecule is N#C/C(=C\c1ccc(OCc2ccc(Cl)cc2Cl)cc1)C(=O)Nc1ccc(OCc2ccc(Cl)cc2)cc1. The molecule has 0 unspecified atom stereocenters. The Morgan fingerprint density at radius 3 is 2.03 bits per heavy atom. The lowest BCUT2D eigenvalue weighted by Crippen LogP contribution is -2.13. The summed E-state index contributed by atoms with van der Waals surface area (Å²) in [7, 11) is 0. The maximum Gasteiger partial charge on any atom is 0.266 e. The van der Waals surface area contributed by atoms with Crippen molar-refractivity contribution in [1.29, 1.82) is 5.26 Å². The van der Waals surface area contributed by atoms with E-state index in [9.17, 15) is 10.1 Å². The van der Waals surface area contributed by atoms with E-state index in [-0.39, 0.29) is 12.2 Å². The summed E-state index contributed by atoms with van der Waals surface area (Å²) in [6.45, 7) is 0.672. The van der Waals surface area contributed by atoms with Gasteiger partial charge in [0, 0.05) is 26.3 Å². The van der Waals surface area contributed by atoms with Gasteiger partial charge in [0.05, 0.1) is 0 Å². The van der Waals surface area contributed by atoms with Crippen LogP contribution in [0.1, 0.15) is 16.7 Å².